The van der Waals surface area contributed by atoms with E-state index in [1.165, 1.54) is 12.1 Å². The molecule has 0 radical (unpaired) electrons. The first-order valence-corrected chi connectivity index (χ1v) is 10.9. The Bertz CT molecular complexity index is 1070. The van der Waals surface area contributed by atoms with Crippen LogP contribution in [-0.4, -0.2) is 41.6 Å². The molecule has 2 fully saturated rings. The van der Waals surface area contributed by atoms with Gasteiger partial charge in [-0.25, -0.2) is 4.39 Å². The normalized spacial score (nSPS) is 17.7. The Labute approximate surface area is 184 Å². The average molecular weight is 440 g/mol. The van der Waals surface area contributed by atoms with Crippen molar-refractivity contribution in [1.82, 2.24) is 4.90 Å². The van der Waals surface area contributed by atoms with Crippen LogP contribution in [0.2, 0.25) is 0 Å². The number of imide groups is 1. The van der Waals surface area contributed by atoms with E-state index in [4.69, 9.17) is 0 Å². The third-order valence-corrected chi connectivity index (χ3v) is 6.21. The van der Waals surface area contributed by atoms with Gasteiger partial charge >= 0.3 is 0 Å². The van der Waals surface area contributed by atoms with Gasteiger partial charge < -0.3 is 10.2 Å². The van der Waals surface area contributed by atoms with Crippen LogP contribution in [0.4, 0.5) is 20.6 Å². The number of nitrogens with zero attached hydrogens (tertiary/aromatic N) is 2. The molecule has 0 aromatic heterocycles. The fraction of sp³-hybridized carbons (Fsp3) is 0.261. The first-order valence-electron chi connectivity index (χ1n) is 10.1. The van der Waals surface area contributed by atoms with Gasteiger partial charge in [0, 0.05) is 18.8 Å². The molecule has 0 saturated carbocycles. The van der Waals surface area contributed by atoms with Gasteiger partial charge in [-0.2, -0.15) is 0 Å². The number of aryl methyl sites for hydroxylation is 1. The smallest absolute Gasteiger partial charge is 0.294 e. The largest absolute Gasteiger partial charge is 0.369 e. The monoisotopic (exact) mass is 439 g/mol. The highest BCUT2D eigenvalue weighted by molar-refractivity contribution is 8.18. The van der Waals surface area contributed by atoms with Crippen molar-refractivity contribution < 1.29 is 18.8 Å². The van der Waals surface area contributed by atoms with E-state index in [-0.39, 0.29) is 17.3 Å². The maximum absolute atomic E-state index is 14.7. The van der Waals surface area contributed by atoms with E-state index >= 15 is 0 Å². The Hall–Kier alpha value is -3.13. The maximum Gasteiger partial charge on any atom is 0.294 e. The SMILES string of the molecule is Cc1cc(N2CCCC2)c(F)cc1C=C1SC(=O)N(CC(=O)Nc2ccccc2)C1=O. The first-order chi connectivity index (χ1) is 14.9. The average Bonchev–Trinajstić information content (AvgIpc) is 3.36. The van der Waals surface area contributed by atoms with Crippen LogP contribution in [-0.2, 0) is 9.59 Å². The Kier molecular flexibility index (Phi) is 6.08. The van der Waals surface area contributed by atoms with E-state index in [1.807, 2.05) is 17.9 Å². The second kappa shape index (κ2) is 8.93. The number of carbonyl (C=O) groups is 3. The molecule has 0 unspecified atom stereocenters. The molecule has 8 heteroatoms. The van der Waals surface area contributed by atoms with Gasteiger partial charge in [-0.1, -0.05) is 18.2 Å². The van der Waals surface area contributed by atoms with Gasteiger partial charge in [-0.05, 0) is 73.0 Å². The van der Waals surface area contributed by atoms with Crippen LogP contribution in [0, 0.1) is 12.7 Å². The highest BCUT2D eigenvalue weighted by Gasteiger charge is 2.36. The molecule has 2 aromatic rings. The molecule has 0 atom stereocenters. The number of hydrogen-bond acceptors (Lipinski definition) is 5. The van der Waals surface area contributed by atoms with Crippen LogP contribution in [0.3, 0.4) is 0 Å². The van der Waals surface area contributed by atoms with Gasteiger partial charge in [0.05, 0.1) is 10.6 Å². The number of amides is 3. The van der Waals surface area contributed by atoms with Gasteiger partial charge in [0.25, 0.3) is 11.1 Å². The summed E-state index contributed by atoms with van der Waals surface area (Å²) in [7, 11) is 0. The number of nitrogens with one attached hydrogen (secondary N) is 1. The lowest BCUT2D eigenvalue weighted by molar-refractivity contribution is -0.127. The van der Waals surface area contributed by atoms with Crippen molar-refractivity contribution in [3.8, 4) is 0 Å². The molecule has 2 aliphatic rings. The molecule has 0 aliphatic carbocycles. The predicted octanol–water partition coefficient (Wildman–Crippen LogP) is 4.41. The molecule has 1 N–H and O–H groups in total. The number of para-hydroxylation sites is 1. The van der Waals surface area contributed by atoms with Crippen LogP contribution in [0.25, 0.3) is 6.08 Å². The number of carbonyl (C=O) groups excluding carboxylic acids is 3. The molecule has 3 amide bonds. The minimum atomic E-state index is -0.554. The second-order valence-corrected chi connectivity index (χ2v) is 8.53. The molecule has 31 heavy (non-hydrogen) atoms. The molecule has 2 heterocycles. The Morgan fingerprint density at radius 3 is 2.58 bits per heavy atom. The van der Waals surface area contributed by atoms with Gasteiger partial charge in [0.1, 0.15) is 12.4 Å². The van der Waals surface area contributed by atoms with Crippen LogP contribution < -0.4 is 10.2 Å². The molecular weight excluding hydrogens is 417 g/mol. The zero-order valence-electron chi connectivity index (χ0n) is 17.1. The van der Waals surface area contributed by atoms with Crippen molar-refractivity contribution in [3.63, 3.8) is 0 Å². The topological polar surface area (TPSA) is 69.7 Å². The summed E-state index contributed by atoms with van der Waals surface area (Å²) < 4.78 is 14.7. The number of rotatable bonds is 5. The Morgan fingerprint density at radius 1 is 1.16 bits per heavy atom. The van der Waals surface area contributed by atoms with Gasteiger partial charge in [-0.3, -0.25) is 19.3 Å². The fourth-order valence-corrected chi connectivity index (χ4v) is 4.51. The van der Waals surface area contributed by atoms with Crippen molar-refractivity contribution in [1.29, 1.82) is 0 Å². The van der Waals surface area contributed by atoms with Crippen molar-refractivity contribution in [2.24, 2.45) is 0 Å². The Morgan fingerprint density at radius 2 is 1.87 bits per heavy atom. The summed E-state index contributed by atoms with van der Waals surface area (Å²) in [6.45, 7) is 3.14. The summed E-state index contributed by atoms with van der Waals surface area (Å²) in [5.41, 5.74) is 2.51. The summed E-state index contributed by atoms with van der Waals surface area (Å²) in [4.78, 5) is 40.4. The quantitative estimate of drug-likeness (QED) is 0.699. The summed E-state index contributed by atoms with van der Waals surface area (Å²) in [6.07, 6.45) is 3.61. The highest BCUT2D eigenvalue weighted by Crippen LogP contribution is 2.34. The van der Waals surface area contributed by atoms with Gasteiger partial charge in [-0.15, -0.1) is 0 Å². The molecule has 6 nitrogen and oxygen atoms in total. The fourth-order valence-electron chi connectivity index (χ4n) is 3.68. The number of hydrogen-bond donors (Lipinski definition) is 1. The summed E-state index contributed by atoms with van der Waals surface area (Å²) in [5.74, 6) is -1.37. The summed E-state index contributed by atoms with van der Waals surface area (Å²) in [5, 5.41) is 2.13. The third kappa shape index (κ3) is 4.64. The molecule has 4 rings (SSSR count). The first kappa shape index (κ1) is 21.1. The van der Waals surface area contributed by atoms with E-state index < -0.39 is 17.1 Å². The second-order valence-electron chi connectivity index (χ2n) is 7.54. The minimum Gasteiger partial charge on any atom is -0.369 e. The Balaban J connectivity index is 1.49. The number of anilines is 2. The van der Waals surface area contributed by atoms with E-state index in [1.54, 1.807) is 30.3 Å². The lowest BCUT2D eigenvalue weighted by atomic mass is 10.1. The van der Waals surface area contributed by atoms with Gasteiger partial charge in [0.15, 0.2) is 0 Å². The molecule has 2 aliphatic heterocycles. The third-order valence-electron chi connectivity index (χ3n) is 5.30. The van der Waals surface area contributed by atoms with Crippen LogP contribution in [0.1, 0.15) is 24.0 Å². The van der Waals surface area contributed by atoms with Crippen molar-refractivity contribution >= 4 is 46.3 Å². The van der Waals surface area contributed by atoms with E-state index in [0.717, 1.165) is 48.2 Å². The van der Waals surface area contributed by atoms with Crippen LogP contribution in [0.15, 0.2) is 47.4 Å². The number of thioether (sulfide) groups is 1. The van der Waals surface area contributed by atoms with E-state index in [0.29, 0.717) is 16.9 Å². The minimum absolute atomic E-state index is 0.175. The van der Waals surface area contributed by atoms with Crippen LogP contribution >= 0.6 is 11.8 Å². The predicted molar refractivity (Wildman–Crippen MR) is 120 cm³/mol. The summed E-state index contributed by atoms with van der Waals surface area (Å²) in [6, 6.07) is 12.0. The van der Waals surface area contributed by atoms with Crippen molar-refractivity contribution in [3.05, 3.63) is 64.3 Å². The zero-order chi connectivity index (χ0) is 22.0. The molecule has 2 saturated heterocycles. The highest BCUT2D eigenvalue weighted by atomic mass is 32.2. The lowest BCUT2D eigenvalue weighted by Crippen LogP contribution is -2.36. The van der Waals surface area contributed by atoms with Crippen molar-refractivity contribution in [2.75, 3.05) is 29.9 Å². The zero-order valence-corrected chi connectivity index (χ0v) is 17.9. The number of benzene rings is 2. The van der Waals surface area contributed by atoms with Crippen molar-refractivity contribution in [2.45, 2.75) is 19.8 Å². The van der Waals surface area contributed by atoms with Gasteiger partial charge in [0.2, 0.25) is 5.91 Å². The number of halogens is 1. The van der Waals surface area contributed by atoms with E-state index in [9.17, 15) is 18.8 Å². The molecule has 0 spiro atoms. The molecular formula is C23H22FN3O3S. The maximum atomic E-state index is 14.7. The molecule has 2 aromatic carbocycles. The van der Waals surface area contributed by atoms with E-state index in [2.05, 4.69) is 5.32 Å². The standard InChI is InChI=1S/C23H22FN3O3S/c1-15-11-19(26-9-5-6-10-26)18(24)12-16(15)13-20-22(29)27(23(30)31-20)14-21(28)25-17-7-3-2-4-8-17/h2-4,7-8,11-13H,5-6,9-10,14H2,1H3,(H,25,28). The molecule has 0 bridgehead atoms. The molecule has 160 valence electrons. The van der Waals surface area contributed by atoms with Crippen LogP contribution in [0.5, 0.6) is 0 Å². The summed E-state index contributed by atoms with van der Waals surface area (Å²) >= 11 is 0.755. The lowest BCUT2D eigenvalue weighted by Gasteiger charge is -2.19.